The first-order valence-electron chi connectivity index (χ1n) is 8.66. The fourth-order valence-corrected chi connectivity index (χ4v) is 3.88. The average Bonchev–Trinajstić information content (AvgIpc) is 2.59. The number of aryl methyl sites for hydroxylation is 1. The second kappa shape index (κ2) is 8.22. The Labute approximate surface area is 158 Å². The van der Waals surface area contributed by atoms with E-state index in [1.54, 1.807) is 6.07 Å². The molecule has 2 aromatic carbocycles. The molecule has 0 aliphatic heterocycles. The molecule has 0 bridgehead atoms. The Balaban J connectivity index is 1.59. The van der Waals surface area contributed by atoms with Gasteiger partial charge in [0.2, 0.25) is 0 Å². The van der Waals surface area contributed by atoms with Crippen molar-refractivity contribution in [1.29, 1.82) is 0 Å². The third kappa shape index (κ3) is 4.55. The predicted octanol–water partition coefficient (Wildman–Crippen LogP) is 3.20. The second-order valence-corrected chi connectivity index (χ2v) is 7.52. The molecule has 0 saturated carbocycles. The first-order valence-corrected chi connectivity index (χ1v) is 9.41. The summed E-state index contributed by atoms with van der Waals surface area (Å²) in [5, 5.41) is 4.32. The number of quaternary nitrogens is 1. The van der Waals surface area contributed by atoms with Gasteiger partial charge in [0.25, 0.3) is 5.91 Å². The van der Waals surface area contributed by atoms with Crippen LogP contribution in [0.2, 0.25) is 10.0 Å². The molecule has 1 amide bonds. The number of nitrogens with one attached hydrogen (secondary N) is 2. The first-order chi connectivity index (χ1) is 12.0. The van der Waals surface area contributed by atoms with Gasteiger partial charge < -0.3 is 10.2 Å². The second-order valence-electron chi connectivity index (χ2n) is 6.73. The predicted molar refractivity (Wildman–Crippen MR) is 102 cm³/mol. The summed E-state index contributed by atoms with van der Waals surface area (Å²) in [5.74, 6) is 0.0670. The molecule has 0 heterocycles. The van der Waals surface area contributed by atoms with Crippen LogP contribution >= 0.6 is 23.2 Å². The van der Waals surface area contributed by atoms with E-state index in [2.05, 4.69) is 23.5 Å². The molecule has 0 saturated heterocycles. The van der Waals surface area contributed by atoms with Gasteiger partial charge in [0.05, 0.1) is 23.1 Å². The normalized spacial score (nSPS) is 17.6. The van der Waals surface area contributed by atoms with Crippen molar-refractivity contribution in [2.45, 2.75) is 31.8 Å². The molecule has 1 unspecified atom stereocenters. The summed E-state index contributed by atoms with van der Waals surface area (Å²) in [7, 11) is 1.99. The molecule has 0 radical (unpaired) electrons. The molecule has 2 atom stereocenters. The van der Waals surface area contributed by atoms with Crippen molar-refractivity contribution < 1.29 is 9.69 Å². The van der Waals surface area contributed by atoms with Crippen molar-refractivity contribution in [2.24, 2.45) is 0 Å². The Kier molecular flexibility index (Phi) is 6.00. The number of carbonyl (C=O) groups excluding carboxylic acids is 1. The van der Waals surface area contributed by atoms with Crippen LogP contribution in [0.1, 0.15) is 35.6 Å². The van der Waals surface area contributed by atoms with Gasteiger partial charge >= 0.3 is 0 Å². The van der Waals surface area contributed by atoms with E-state index < -0.39 is 0 Å². The summed E-state index contributed by atoms with van der Waals surface area (Å²) in [4.78, 5) is 13.6. The van der Waals surface area contributed by atoms with E-state index in [1.165, 1.54) is 11.1 Å². The van der Waals surface area contributed by atoms with E-state index in [9.17, 15) is 4.79 Å². The van der Waals surface area contributed by atoms with Crippen LogP contribution in [0.15, 0.2) is 42.5 Å². The van der Waals surface area contributed by atoms with Crippen LogP contribution in [0.4, 0.5) is 0 Å². The number of likely N-dealkylation sites (N-methyl/N-ethyl adjacent to an activating group) is 1. The molecule has 0 fully saturated rings. The third-order valence-electron chi connectivity index (χ3n) is 4.69. The number of hydrogen-bond acceptors (Lipinski definition) is 1. The van der Waals surface area contributed by atoms with Crippen LogP contribution in [0.3, 0.4) is 0 Å². The molecular weight excluding hydrogens is 355 g/mol. The van der Waals surface area contributed by atoms with E-state index in [0.29, 0.717) is 23.1 Å². The zero-order valence-electron chi connectivity index (χ0n) is 14.3. The smallest absolute Gasteiger partial charge is 0.275 e. The molecule has 25 heavy (non-hydrogen) atoms. The molecule has 0 aromatic heterocycles. The molecule has 1 aliphatic rings. The Morgan fingerprint density at radius 1 is 1.20 bits per heavy atom. The average molecular weight is 378 g/mol. The van der Waals surface area contributed by atoms with Gasteiger partial charge in [-0.25, -0.2) is 0 Å². The highest BCUT2D eigenvalue weighted by atomic mass is 35.5. The summed E-state index contributed by atoms with van der Waals surface area (Å²) in [6.07, 6.45) is 3.21. The lowest BCUT2D eigenvalue weighted by Crippen LogP contribution is -3.08. The number of rotatable bonds is 5. The zero-order valence-corrected chi connectivity index (χ0v) is 15.8. The number of benzene rings is 2. The van der Waals surface area contributed by atoms with E-state index >= 15 is 0 Å². The monoisotopic (exact) mass is 377 g/mol. The summed E-state index contributed by atoms with van der Waals surface area (Å²) in [6, 6.07) is 14.1. The molecule has 0 spiro atoms. The highest BCUT2D eigenvalue weighted by Gasteiger charge is 2.22. The number of amides is 1. The summed E-state index contributed by atoms with van der Waals surface area (Å²) < 4.78 is 0. The molecule has 1 aliphatic carbocycles. The Bertz CT molecular complexity index is 763. The molecule has 132 valence electrons. The van der Waals surface area contributed by atoms with Gasteiger partial charge in [-0.3, -0.25) is 4.79 Å². The lowest BCUT2D eigenvalue weighted by atomic mass is 9.88. The first kappa shape index (κ1) is 18.2. The van der Waals surface area contributed by atoms with E-state index in [4.69, 9.17) is 23.2 Å². The number of hydrogen-bond donors (Lipinski definition) is 2. The van der Waals surface area contributed by atoms with Gasteiger partial charge in [-0.05, 0) is 36.5 Å². The van der Waals surface area contributed by atoms with Crippen LogP contribution in [0, 0.1) is 0 Å². The lowest BCUT2D eigenvalue weighted by Gasteiger charge is -2.26. The van der Waals surface area contributed by atoms with Crippen LogP contribution < -0.4 is 10.2 Å². The fourth-order valence-electron chi connectivity index (χ4n) is 3.50. The molecule has 3 rings (SSSR count). The van der Waals surface area contributed by atoms with Crippen molar-refractivity contribution in [3.05, 3.63) is 69.2 Å². The minimum Gasteiger partial charge on any atom is -0.344 e. The standard InChI is InChI=1S/C20H22Cl2N2O/c1-24(12-15-8-4-10-17(21)20(15)22)13-19(25)23-18-11-5-7-14-6-2-3-9-16(14)18/h2-4,6,8-10,18H,5,7,11-13H2,1H3,(H,23,25)/p+1/t18-/m0/s1. The molecule has 3 nitrogen and oxygen atoms in total. The third-order valence-corrected chi connectivity index (χ3v) is 5.55. The van der Waals surface area contributed by atoms with Gasteiger partial charge in [-0.1, -0.05) is 59.6 Å². The van der Waals surface area contributed by atoms with E-state index in [-0.39, 0.29) is 11.9 Å². The van der Waals surface area contributed by atoms with Crippen LogP contribution in [-0.2, 0) is 17.8 Å². The lowest BCUT2D eigenvalue weighted by molar-refractivity contribution is -0.885. The Morgan fingerprint density at radius 2 is 2.00 bits per heavy atom. The maximum Gasteiger partial charge on any atom is 0.275 e. The van der Waals surface area contributed by atoms with Crippen molar-refractivity contribution >= 4 is 29.1 Å². The minimum atomic E-state index is 0.0670. The van der Waals surface area contributed by atoms with Crippen molar-refractivity contribution in [3.8, 4) is 0 Å². The molecule has 2 N–H and O–H groups in total. The molecule has 2 aromatic rings. The quantitative estimate of drug-likeness (QED) is 0.823. The fraction of sp³-hybridized carbons (Fsp3) is 0.350. The van der Waals surface area contributed by atoms with Crippen LogP contribution in [0.25, 0.3) is 0 Å². The Hall–Kier alpha value is -1.55. The topological polar surface area (TPSA) is 33.5 Å². The van der Waals surface area contributed by atoms with Crippen LogP contribution in [-0.4, -0.2) is 19.5 Å². The summed E-state index contributed by atoms with van der Waals surface area (Å²) in [5.41, 5.74) is 3.57. The number of carbonyl (C=O) groups is 1. The van der Waals surface area contributed by atoms with Crippen molar-refractivity contribution in [2.75, 3.05) is 13.6 Å². The van der Waals surface area contributed by atoms with Gasteiger partial charge in [-0.2, -0.15) is 0 Å². The largest absolute Gasteiger partial charge is 0.344 e. The van der Waals surface area contributed by atoms with Crippen molar-refractivity contribution in [1.82, 2.24) is 5.32 Å². The SMILES string of the molecule is C[NH+](CC(=O)N[C@H]1CCCc2ccccc21)Cc1cccc(Cl)c1Cl. The van der Waals surface area contributed by atoms with E-state index in [1.807, 2.05) is 25.2 Å². The Morgan fingerprint density at radius 3 is 2.84 bits per heavy atom. The summed E-state index contributed by atoms with van der Waals surface area (Å²) >= 11 is 12.3. The van der Waals surface area contributed by atoms with E-state index in [0.717, 1.165) is 29.7 Å². The molecule has 5 heteroatoms. The van der Waals surface area contributed by atoms with Crippen LogP contribution in [0.5, 0.6) is 0 Å². The molecular formula is C20H23Cl2N2O+. The highest BCUT2D eigenvalue weighted by molar-refractivity contribution is 6.42. The maximum absolute atomic E-state index is 12.5. The highest BCUT2D eigenvalue weighted by Crippen LogP contribution is 2.29. The van der Waals surface area contributed by atoms with Gasteiger partial charge in [0.15, 0.2) is 6.54 Å². The number of fused-ring (bicyclic) bond motifs is 1. The maximum atomic E-state index is 12.5. The van der Waals surface area contributed by atoms with Gasteiger partial charge in [0.1, 0.15) is 6.54 Å². The minimum absolute atomic E-state index is 0.0670. The summed E-state index contributed by atoms with van der Waals surface area (Å²) in [6.45, 7) is 1.07. The van der Waals surface area contributed by atoms with Gasteiger partial charge in [0, 0.05) is 5.56 Å². The zero-order chi connectivity index (χ0) is 17.8. The van der Waals surface area contributed by atoms with Gasteiger partial charge in [-0.15, -0.1) is 0 Å². The number of halogens is 2. The van der Waals surface area contributed by atoms with Crippen molar-refractivity contribution in [3.63, 3.8) is 0 Å².